The molecule has 1 saturated heterocycles. The van der Waals surface area contributed by atoms with Gasteiger partial charge < -0.3 is 29.6 Å². The number of carbonyl (C=O) groups excluding carboxylic acids is 3. The van der Waals surface area contributed by atoms with Crippen molar-refractivity contribution >= 4 is 40.1 Å². The number of aromatic nitrogens is 2. The Morgan fingerprint density at radius 3 is 2.68 bits per heavy atom. The van der Waals surface area contributed by atoms with Gasteiger partial charge in [-0.1, -0.05) is 26.0 Å². The van der Waals surface area contributed by atoms with E-state index in [1.54, 1.807) is 60.4 Å². The molecule has 3 atom stereocenters. The van der Waals surface area contributed by atoms with Gasteiger partial charge in [0.05, 0.1) is 30.6 Å². The van der Waals surface area contributed by atoms with Crippen LogP contribution < -0.4 is 15.5 Å². The van der Waals surface area contributed by atoms with Crippen molar-refractivity contribution in [3.8, 4) is 16.5 Å². The van der Waals surface area contributed by atoms with Gasteiger partial charge in [0, 0.05) is 49.0 Å². The van der Waals surface area contributed by atoms with Gasteiger partial charge in [-0.2, -0.15) is 0 Å². The summed E-state index contributed by atoms with van der Waals surface area (Å²) in [7, 11) is 3.40. The maximum Gasteiger partial charge on any atom is 0.332 e. The Kier molecular flexibility index (Phi) is 10.7. The molecular weight excluding hydrogens is 618 g/mol. The second-order valence-corrected chi connectivity index (χ2v) is 13.5. The van der Waals surface area contributed by atoms with Crippen LogP contribution in [0.4, 0.5) is 4.79 Å². The Morgan fingerprint density at radius 1 is 1.15 bits per heavy atom. The summed E-state index contributed by atoms with van der Waals surface area (Å²) in [6, 6.07) is 6.39. The number of carbonyl (C=O) groups is 3. The van der Waals surface area contributed by atoms with Gasteiger partial charge in [0.2, 0.25) is 5.91 Å². The maximum absolute atomic E-state index is 12.9. The lowest BCUT2D eigenvalue weighted by atomic mass is 10.1. The third kappa shape index (κ3) is 7.53. The van der Waals surface area contributed by atoms with Gasteiger partial charge in [0.15, 0.2) is 5.43 Å². The van der Waals surface area contributed by atoms with E-state index in [4.69, 9.17) is 9.47 Å². The topological polar surface area (TPSA) is 134 Å². The summed E-state index contributed by atoms with van der Waals surface area (Å²) >= 11 is 1.55. The predicted molar refractivity (Wildman–Crippen MR) is 183 cm³/mol. The minimum atomic E-state index is -0.961. The summed E-state index contributed by atoms with van der Waals surface area (Å²) in [4.78, 5) is 61.6. The van der Waals surface area contributed by atoms with Gasteiger partial charge >= 0.3 is 12.0 Å². The van der Waals surface area contributed by atoms with Crippen LogP contribution in [0.5, 0.6) is 5.75 Å². The van der Waals surface area contributed by atoms with Crippen LogP contribution in [0.15, 0.2) is 46.6 Å². The first-order valence-electron chi connectivity index (χ1n) is 16.4. The van der Waals surface area contributed by atoms with Crippen molar-refractivity contribution in [3.63, 3.8) is 0 Å². The number of hydrogen-bond acceptors (Lipinski definition) is 8. The van der Waals surface area contributed by atoms with Crippen molar-refractivity contribution in [1.29, 1.82) is 0 Å². The summed E-state index contributed by atoms with van der Waals surface area (Å²) in [5, 5.41) is 6.46. The van der Waals surface area contributed by atoms with Crippen LogP contribution in [0.2, 0.25) is 0 Å². The zero-order valence-corrected chi connectivity index (χ0v) is 28.7. The SMILES string of the molecule is CCOC(=O)[C@@]12C[C@H]1/C=C\CCCCN(C)C(=O)N1CCC[C@H]1C(=O)N2.COc1ccc2c(=O)cc(-c3nc(C(C)C)cs3)[nH]c2c1. The first-order chi connectivity index (χ1) is 22.6. The number of ether oxygens (including phenoxy) is 2. The number of hydrogen-bond donors (Lipinski definition) is 2. The van der Waals surface area contributed by atoms with E-state index < -0.39 is 11.6 Å². The molecule has 6 rings (SSSR count). The quantitative estimate of drug-likeness (QED) is 0.273. The van der Waals surface area contributed by atoms with E-state index in [9.17, 15) is 19.2 Å². The van der Waals surface area contributed by atoms with Crippen molar-refractivity contribution in [2.24, 2.45) is 5.92 Å². The zero-order chi connectivity index (χ0) is 33.7. The molecule has 2 N–H and O–H groups in total. The van der Waals surface area contributed by atoms with Crippen molar-refractivity contribution < 1.29 is 23.9 Å². The molecule has 1 aromatic carbocycles. The van der Waals surface area contributed by atoms with E-state index in [1.807, 2.05) is 17.5 Å². The lowest BCUT2D eigenvalue weighted by Gasteiger charge is -2.30. The molecule has 2 fully saturated rings. The number of benzene rings is 1. The van der Waals surface area contributed by atoms with Gasteiger partial charge in [0.1, 0.15) is 22.3 Å². The largest absolute Gasteiger partial charge is 0.497 e. The fraction of sp³-hybridized carbons (Fsp3) is 0.514. The Labute approximate surface area is 279 Å². The molecule has 12 heteroatoms. The molecule has 47 heavy (non-hydrogen) atoms. The number of nitrogens with zero attached hydrogens (tertiary/aromatic N) is 3. The highest BCUT2D eigenvalue weighted by Gasteiger charge is 2.62. The number of fused-ring (bicyclic) bond motifs is 3. The van der Waals surface area contributed by atoms with Gasteiger partial charge in [0.25, 0.3) is 0 Å². The number of pyridine rings is 1. The van der Waals surface area contributed by atoms with Gasteiger partial charge in [-0.05, 0) is 63.5 Å². The van der Waals surface area contributed by atoms with E-state index in [2.05, 4.69) is 35.2 Å². The summed E-state index contributed by atoms with van der Waals surface area (Å²) < 4.78 is 10.4. The van der Waals surface area contributed by atoms with Gasteiger partial charge in [-0.25, -0.2) is 14.6 Å². The third-order valence-corrected chi connectivity index (χ3v) is 9.89. The number of methoxy groups -OCH3 is 1. The fourth-order valence-electron chi connectivity index (χ4n) is 6.12. The summed E-state index contributed by atoms with van der Waals surface area (Å²) in [6.45, 7) is 7.52. The molecule has 0 radical (unpaired) electrons. The minimum absolute atomic E-state index is 0.0114. The normalized spacial score (nSPS) is 23.6. The maximum atomic E-state index is 12.9. The molecule has 3 aromatic rings. The Balaban J connectivity index is 0.000000189. The highest BCUT2D eigenvalue weighted by atomic mass is 32.1. The average molecular weight is 664 g/mol. The number of urea groups is 1. The minimum Gasteiger partial charge on any atom is -0.497 e. The van der Waals surface area contributed by atoms with Crippen LogP contribution in [0.1, 0.15) is 70.9 Å². The van der Waals surface area contributed by atoms with E-state index in [0.29, 0.717) is 37.2 Å². The molecule has 252 valence electrons. The lowest BCUT2D eigenvalue weighted by molar-refractivity contribution is -0.149. The van der Waals surface area contributed by atoms with Crippen molar-refractivity contribution in [1.82, 2.24) is 25.1 Å². The lowest BCUT2D eigenvalue weighted by Crippen LogP contribution is -2.55. The molecule has 4 heterocycles. The molecule has 11 nitrogen and oxygen atoms in total. The molecule has 2 aromatic heterocycles. The van der Waals surface area contributed by atoms with Gasteiger partial charge in [-0.15, -0.1) is 11.3 Å². The molecule has 3 aliphatic rings. The molecule has 1 saturated carbocycles. The molecule has 0 unspecified atom stereocenters. The molecule has 0 spiro atoms. The molecule has 0 bridgehead atoms. The summed E-state index contributed by atoms with van der Waals surface area (Å²) in [5.41, 5.74) is 1.58. The number of nitrogens with one attached hydrogen (secondary N) is 2. The number of allylic oxidation sites excluding steroid dienone is 1. The smallest absolute Gasteiger partial charge is 0.332 e. The first-order valence-corrected chi connectivity index (χ1v) is 17.3. The second-order valence-electron chi connectivity index (χ2n) is 12.7. The van der Waals surface area contributed by atoms with Crippen molar-refractivity contribution in [3.05, 3.63) is 57.7 Å². The second kappa shape index (κ2) is 14.7. The molecule has 1 aliphatic carbocycles. The Bertz CT molecular complexity index is 1700. The Morgan fingerprint density at radius 2 is 1.96 bits per heavy atom. The van der Waals surface area contributed by atoms with Crippen LogP contribution in [0, 0.1) is 5.92 Å². The van der Waals surface area contributed by atoms with Gasteiger partial charge in [-0.3, -0.25) is 9.59 Å². The predicted octanol–water partition coefficient (Wildman–Crippen LogP) is 5.46. The highest BCUT2D eigenvalue weighted by Crippen LogP contribution is 2.46. The van der Waals surface area contributed by atoms with Crippen LogP contribution in [0.25, 0.3) is 21.6 Å². The van der Waals surface area contributed by atoms with Crippen molar-refractivity contribution in [2.75, 3.05) is 33.9 Å². The van der Waals surface area contributed by atoms with Crippen LogP contribution in [-0.4, -0.2) is 83.1 Å². The van der Waals surface area contributed by atoms with Crippen LogP contribution in [-0.2, 0) is 14.3 Å². The molecular formula is C35H45N5O6S. The third-order valence-electron chi connectivity index (χ3n) is 8.99. The Hall–Kier alpha value is -4.19. The monoisotopic (exact) mass is 663 g/mol. The standard InChI is InChI=1S/C19H29N3O4.C16H16N2O2S/c1-3-26-17(24)19-13-14(19)9-6-4-5-7-11-21(2)18(25)22-12-8-10-15(22)16(23)20-19;1-9(2)14-8-21-16(18-14)13-7-15(19)11-5-4-10(20-3)6-12(11)17-13/h6,9,14-15H,3-5,7-8,10-13H2,1-2H3,(H,20,23);4-9H,1-3H3,(H,17,19)/b9-6-;/t14-,15+,19-;/m1./s1. The number of rotatable bonds is 5. The average Bonchev–Trinajstić information content (AvgIpc) is 3.40. The molecule has 2 aliphatic heterocycles. The number of thiazole rings is 1. The highest BCUT2D eigenvalue weighted by molar-refractivity contribution is 7.13. The van der Waals surface area contributed by atoms with Crippen LogP contribution in [0.3, 0.4) is 0 Å². The number of H-pyrrole nitrogens is 1. The van der Waals surface area contributed by atoms with E-state index in [1.165, 1.54) is 0 Å². The first kappa shape index (κ1) is 34.2. The van der Waals surface area contributed by atoms with E-state index in [-0.39, 0.29) is 35.9 Å². The summed E-state index contributed by atoms with van der Waals surface area (Å²) in [6.07, 6.45) is 8.91. The van der Waals surface area contributed by atoms with E-state index in [0.717, 1.165) is 53.3 Å². The number of esters is 1. The van der Waals surface area contributed by atoms with Crippen LogP contribution >= 0.6 is 11.3 Å². The molecule has 3 amide bonds. The fourth-order valence-corrected chi connectivity index (χ4v) is 7.07. The number of aromatic amines is 1. The van der Waals surface area contributed by atoms with Crippen molar-refractivity contribution in [2.45, 2.75) is 76.8 Å². The number of amides is 3. The van der Waals surface area contributed by atoms with E-state index >= 15 is 0 Å². The zero-order valence-electron chi connectivity index (χ0n) is 27.8. The summed E-state index contributed by atoms with van der Waals surface area (Å²) in [5.74, 6) is 0.453.